The van der Waals surface area contributed by atoms with E-state index in [-0.39, 0.29) is 12.7 Å². The average Bonchev–Trinajstić information content (AvgIpc) is 3.08. The van der Waals surface area contributed by atoms with E-state index in [2.05, 4.69) is 41.2 Å². The predicted molar refractivity (Wildman–Crippen MR) is 185 cm³/mol. The van der Waals surface area contributed by atoms with Crippen LogP contribution in [0.25, 0.3) is 10.4 Å². The molecule has 0 aliphatic rings. The molecule has 0 saturated carbocycles. The molecule has 0 heterocycles. The summed E-state index contributed by atoms with van der Waals surface area (Å²) in [6, 6.07) is 29.7. The van der Waals surface area contributed by atoms with E-state index in [0.29, 0.717) is 26.2 Å². The van der Waals surface area contributed by atoms with Crippen LogP contribution in [0, 0.1) is 0 Å². The van der Waals surface area contributed by atoms with Crippen LogP contribution in [0.4, 0.5) is 0 Å². The van der Waals surface area contributed by atoms with Crippen molar-refractivity contribution in [3.63, 3.8) is 0 Å². The second-order valence-electron chi connectivity index (χ2n) is 11.7. The summed E-state index contributed by atoms with van der Waals surface area (Å²) in [4.78, 5) is 3.20. The smallest absolute Gasteiger partial charge is 0.0951 e. The maximum absolute atomic E-state index is 9.56. The number of ether oxygens (including phenoxy) is 3. The fourth-order valence-electron chi connectivity index (χ4n) is 5.36. The number of azide groups is 1. The van der Waals surface area contributed by atoms with Crippen LogP contribution in [0.3, 0.4) is 0 Å². The third-order valence-corrected chi connectivity index (χ3v) is 7.95. The first kappa shape index (κ1) is 36.1. The van der Waals surface area contributed by atoms with Crippen LogP contribution < -0.4 is 0 Å². The number of unbranched alkanes of at least 4 members (excludes halogenated alkanes) is 9. The monoisotopic (exact) mass is 611 g/mol. The summed E-state index contributed by atoms with van der Waals surface area (Å²) in [6.07, 6.45) is 17.3. The van der Waals surface area contributed by atoms with Crippen LogP contribution in [-0.2, 0) is 34.0 Å². The average molecular weight is 612 g/mol. The predicted octanol–water partition coefficient (Wildman–Crippen LogP) is 10.9. The number of benzene rings is 3. The lowest BCUT2D eigenvalue weighted by molar-refractivity contribution is -0.103. The summed E-state index contributed by atoms with van der Waals surface area (Å²) in [5, 5.41) is 4.18. The Kier molecular flexibility index (Phi) is 19.2. The van der Waals surface area contributed by atoms with Gasteiger partial charge in [-0.05, 0) is 41.5 Å². The van der Waals surface area contributed by atoms with E-state index in [1.807, 2.05) is 78.9 Å². The molecule has 6 heteroatoms. The Morgan fingerprint density at radius 3 is 1.71 bits per heavy atom. The molecular weight excluding hydrogens is 558 g/mol. The highest BCUT2D eigenvalue weighted by Gasteiger charge is 2.31. The van der Waals surface area contributed by atoms with Gasteiger partial charge in [-0.15, -0.1) is 0 Å². The number of allylic oxidation sites excluding steroid dienone is 1. The van der Waals surface area contributed by atoms with E-state index >= 15 is 0 Å². The van der Waals surface area contributed by atoms with Gasteiger partial charge in [0.1, 0.15) is 0 Å². The van der Waals surface area contributed by atoms with Gasteiger partial charge < -0.3 is 14.2 Å². The molecule has 0 aromatic heterocycles. The lowest BCUT2D eigenvalue weighted by Crippen LogP contribution is -2.42. The van der Waals surface area contributed by atoms with Crippen LogP contribution >= 0.6 is 0 Å². The molecule has 3 rings (SSSR count). The van der Waals surface area contributed by atoms with Crippen molar-refractivity contribution in [2.24, 2.45) is 5.11 Å². The molecule has 3 aromatic carbocycles. The van der Waals surface area contributed by atoms with Crippen molar-refractivity contribution in [2.45, 2.75) is 116 Å². The molecule has 0 N–H and O–H groups in total. The van der Waals surface area contributed by atoms with Gasteiger partial charge in [0, 0.05) is 4.91 Å². The minimum atomic E-state index is -0.561. The molecule has 45 heavy (non-hydrogen) atoms. The quantitative estimate of drug-likeness (QED) is 0.0314. The van der Waals surface area contributed by atoms with E-state index in [4.69, 9.17) is 14.2 Å². The van der Waals surface area contributed by atoms with Crippen LogP contribution in [-0.4, -0.2) is 24.9 Å². The van der Waals surface area contributed by atoms with Crippen molar-refractivity contribution in [1.82, 2.24) is 0 Å². The standard InChI is InChI=1S/C39H53N3O3/c1-2-3-4-5-6-7-8-9-10-11-12-22-29-38(44-31-35-25-18-14-19-26-35)39(45-32-36-27-20-15-21-28-36)37(41-42-40)33-43-30-34-23-16-13-17-24-34/h12-28,37-39H,2-11,29-33H2,1H3/b22-12+/t37-,38+,39-/m0/s1. The van der Waals surface area contributed by atoms with Gasteiger partial charge in [0.05, 0.1) is 44.7 Å². The number of hydrogen-bond donors (Lipinski definition) is 0. The van der Waals surface area contributed by atoms with E-state index in [1.54, 1.807) is 0 Å². The third kappa shape index (κ3) is 15.9. The van der Waals surface area contributed by atoms with Crippen molar-refractivity contribution in [1.29, 1.82) is 0 Å². The van der Waals surface area contributed by atoms with Gasteiger partial charge in [-0.1, -0.05) is 167 Å². The minimum absolute atomic E-state index is 0.228. The van der Waals surface area contributed by atoms with E-state index in [9.17, 15) is 5.53 Å². The fourth-order valence-corrected chi connectivity index (χ4v) is 5.36. The lowest BCUT2D eigenvalue weighted by atomic mass is 10.0. The highest BCUT2D eigenvalue weighted by Crippen LogP contribution is 2.21. The summed E-state index contributed by atoms with van der Waals surface area (Å²) in [5.74, 6) is 0. The molecule has 3 aromatic rings. The summed E-state index contributed by atoms with van der Waals surface area (Å²) in [5.41, 5.74) is 12.8. The van der Waals surface area contributed by atoms with Gasteiger partial charge in [0.2, 0.25) is 0 Å². The zero-order valence-corrected chi connectivity index (χ0v) is 27.2. The molecule has 3 atom stereocenters. The largest absolute Gasteiger partial charge is 0.376 e. The van der Waals surface area contributed by atoms with E-state index in [0.717, 1.165) is 23.1 Å². The molecule has 0 amide bonds. The van der Waals surface area contributed by atoms with Gasteiger partial charge in [-0.3, -0.25) is 0 Å². The van der Waals surface area contributed by atoms with Gasteiger partial charge in [-0.2, -0.15) is 0 Å². The fraction of sp³-hybridized carbons (Fsp3) is 0.487. The highest BCUT2D eigenvalue weighted by atomic mass is 16.5. The molecule has 0 unspecified atom stereocenters. The van der Waals surface area contributed by atoms with Gasteiger partial charge in [0.25, 0.3) is 0 Å². The first-order valence-electron chi connectivity index (χ1n) is 16.9. The van der Waals surface area contributed by atoms with Crippen molar-refractivity contribution < 1.29 is 14.2 Å². The SMILES string of the molecule is CCCCCCCCCCC/C=C/C[C@@H](OCc1ccccc1)[C@@H](OCc1ccccc1)[C@H](COCc1ccccc1)N=[N+]=[N-]. The zero-order valence-electron chi connectivity index (χ0n) is 27.2. The summed E-state index contributed by atoms with van der Waals surface area (Å²) in [6.45, 7) is 3.75. The number of nitrogens with zero attached hydrogens (tertiary/aromatic N) is 3. The molecule has 0 aliphatic heterocycles. The van der Waals surface area contributed by atoms with Crippen molar-refractivity contribution >= 4 is 0 Å². The summed E-state index contributed by atoms with van der Waals surface area (Å²) < 4.78 is 19.2. The van der Waals surface area contributed by atoms with Gasteiger partial charge in [-0.25, -0.2) is 0 Å². The summed E-state index contributed by atoms with van der Waals surface area (Å²) in [7, 11) is 0. The Hall–Kier alpha value is -3.41. The van der Waals surface area contributed by atoms with Gasteiger partial charge >= 0.3 is 0 Å². The van der Waals surface area contributed by atoms with Crippen molar-refractivity contribution in [2.75, 3.05) is 6.61 Å². The molecular formula is C39H53N3O3. The first-order valence-corrected chi connectivity index (χ1v) is 16.9. The molecule has 6 nitrogen and oxygen atoms in total. The Balaban J connectivity index is 1.66. The Morgan fingerprint density at radius 1 is 0.644 bits per heavy atom. The Morgan fingerprint density at radius 2 is 1.16 bits per heavy atom. The first-order chi connectivity index (χ1) is 22.3. The van der Waals surface area contributed by atoms with Crippen LogP contribution in [0.2, 0.25) is 0 Å². The highest BCUT2D eigenvalue weighted by molar-refractivity contribution is 5.15. The molecule has 0 saturated heterocycles. The second kappa shape index (κ2) is 23.9. The molecule has 0 bridgehead atoms. The third-order valence-electron chi connectivity index (χ3n) is 7.95. The molecule has 0 fully saturated rings. The minimum Gasteiger partial charge on any atom is -0.376 e. The normalized spacial score (nSPS) is 13.4. The number of rotatable bonds is 25. The Labute approximate surface area is 271 Å². The molecule has 0 spiro atoms. The molecule has 0 radical (unpaired) electrons. The van der Waals surface area contributed by atoms with Crippen LogP contribution in [0.5, 0.6) is 0 Å². The van der Waals surface area contributed by atoms with Crippen molar-refractivity contribution in [3.05, 3.63) is 130 Å². The second-order valence-corrected chi connectivity index (χ2v) is 11.7. The Bertz CT molecular complexity index is 1200. The topological polar surface area (TPSA) is 76.5 Å². The van der Waals surface area contributed by atoms with E-state index < -0.39 is 12.1 Å². The zero-order chi connectivity index (χ0) is 31.6. The van der Waals surface area contributed by atoms with Gasteiger partial charge in [0.15, 0.2) is 0 Å². The maximum Gasteiger partial charge on any atom is 0.0951 e. The number of hydrogen-bond acceptors (Lipinski definition) is 4. The lowest BCUT2D eigenvalue weighted by Gasteiger charge is -2.31. The molecule has 242 valence electrons. The van der Waals surface area contributed by atoms with Crippen LogP contribution in [0.15, 0.2) is 108 Å². The summed E-state index contributed by atoms with van der Waals surface area (Å²) >= 11 is 0. The van der Waals surface area contributed by atoms with Crippen LogP contribution in [0.1, 0.15) is 94.2 Å². The van der Waals surface area contributed by atoms with Crippen molar-refractivity contribution in [3.8, 4) is 0 Å². The van der Waals surface area contributed by atoms with E-state index in [1.165, 1.54) is 57.8 Å². The maximum atomic E-state index is 9.56. The molecule has 0 aliphatic carbocycles.